The van der Waals surface area contributed by atoms with Gasteiger partial charge in [-0.3, -0.25) is 0 Å². The molecule has 0 radical (unpaired) electrons. The lowest BCUT2D eigenvalue weighted by Gasteiger charge is -2.15. The Bertz CT molecular complexity index is 447. The molecule has 2 aromatic rings. The molecule has 0 aliphatic heterocycles. The summed E-state index contributed by atoms with van der Waals surface area (Å²) >= 11 is 5.76. The Morgan fingerprint density at radius 3 is 3.11 bits per heavy atom. The zero-order chi connectivity index (χ0) is 12.8. The van der Waals surface area contributed by atoms with Gasteiger partial charge in [0.25, 0.3) is 0 Å². The number of nitrogens with one attached hydrogen (secondary N) is 1. The first-order chi connectivity index (χ1) is 8.83. The number of alkyl halides is 1. The van der Waals surface area contributed by atoms with Crippen molar-refractivity contribution in [3.05, 3.63) is 36.3 Å². The molecule has 1 N–H and O–H groups in total. The first kappa shape index (κ1) is 13.3. The van der Waals surface area contributed by atoms with Crippen molar-refractivity contribution in [2.75, 3.05) is 19.6 Å². The molecule has 5 heteroatoms. The minimum absolute atomic E-state index is 0.275. The van der Waals surface area contributed by atoms with Gasteiger partial charge in [-0.25, -0.2) is 4.98 Å². The monoisotopic (exact) mass is 267 g/mol. The van der Waals surface area contributed by atoms with Gasteiger partial charge in [0.2, 0.25) is 0 Å². The van der Waals surface area contributed by atoms with Crippen molar-refractivity contribution in [1.82, 2.24) is 14.7 Å². The predicted molar refractivity (Wildman–Crippen MR) is 73.0 cm³/mol. The molecular formula is C13H18ClN3O. The van der Waals surface area contributed by atoms with E-state index in [4.69, 9.17) is 16.3 Å². The fraction of sp³-hybridized carbons (Fsp3) is 0.462. The van der Waals surface area contributed by atoms with E-state index in [0.717, 1.165) is 24.3 Å². The van der Waals surface area contributed by atoms with Gasteiger partial charge in [-0.2, -0.15) is 0 Å². The van der Waals surface area contributed by atoms with E-state index in [1.165, 1.54) is 0 Å². The van der Waals surface area contributed by atoms with Crippen molar-refractivity contribution in [3.8, 4) is 0 Å². The lowest BCUT2D eigenvalue weighted by Crippen LogP contribution is -2.33. The van der Waals surface area contributed by atoms with Crippen molar-refractivity contribution in [1.29, 1.82) is 0 Å². The molecule has 0 saturated heterocycles. The molecule has 18 heavy (non-hydrogen) atoms. The van der Waals surface area contributed by atoms with Crippen LogP contribution < -0.4 is 5.32 Å². The van der Waals surface area contributed by atoms with Crippen LogP contribution >= 0.6 is 11.6 Å². The number of rotatable bonds is 7. The maximum atomic E-state index is 5.76. The first-order valence-corrected chi connectivity index (χ1v) is 6.58. The van der Waals surface area contributed by atoms with Crippen LogP contribution in [0.15, 0.2) is 30.6 Å². The molecule has 2 aromatic heterocycles. The third-order valence-corrected chi connectivity index (χ3v) is 3.03. The Morgan fingerprint density at radius 1 is 1.50 bits per heavy atom. The summed E-state index contributed by atoms with van der Waals surface area (Å²) in [6, 6.07) is 6.25. The molecule has 0 bridgehead atoms. The first-order valence-electron chi connectivity index (χ1n) is 6.04. The van der Waals surface area contributed by atoms with Crippen molar-refractivity contribution in [2.24, 2.45) is 0 Å². The maximum absolute atomic E-state index is 5.76. The number of aromatic nitrogens is 2. The Labute approximate surface area is 112 Å². The molecule has 0 aliphatic carbocycles. The Hall–Kier alpha value is -1.10. The number of hydrogen-bond acceptors (Lipinski definition) is 3. The van der Waals surface area contributed by atoms with Crippen LogP contribution in [-0.4, -0.2) is 35.0 Å². The zero-order valence-corrected chi connectivity index (χ0v) is 11.2. The highest BCUT2D eigenvalue weighted by Gasteiger charge is 2.08. The third-order valence-electron chi connectivity index (χ3n) is 2.81. The summed E-state index contributed by atoms with van der Waals surface area (Å²) < 4.78 is 7.17. The molecule has 2 heterocycles. The molecule has 1 atom stereocenters. The number of methoxy groups -OCH3 is 1. The summed E-state index contributed by atoms with van der Waals surface area (Å²) in [5.41, 5.74) is 1.99. The standard InChI is InChI=1S/C13H18ClN3O/c1-18-10-11(5-6-14)15-8-12-9-17-7-3-2-4-13(17)16-12/h2-4,7,9,11,15H,5-6,8,10H2,1H3. The highest BCUT2D eigenvalue weighted by molar-refractivity contribution is 6.17. The lowest BCUT2D eigenvalue weighted by atomic mass is 10.2. The highest BCUT2D eigenvalue weighted by atomic mass is 35.5. The number of pyridine rings is 1. The molecule has 0 spiro atoms. The minimum atomic E-state index is 0.275. The SMILES string of the molecule is COCC(CCCl)NCc1cn2ccccc2n1. The molecule has 0 aromatic carbocycles. The number of fused-ring (bicyclic) bond motifs is 1. The molecule has 1 unspecified atom stereocenters. The Morgan fingerprint density at radius 2 is 2.39 bits per heavy atom. The second kappa shape index (κ2) is 6.73. The summed E-state index contributed by atoms with van der Waals surface area (Å²) in [5, 5.41) is 3.41. The van der Waals surface area contributed by atoms with Gasteiger partial charge in [0.05, 0.1) is 12.3 Å². The van der Waals surface area contributed by atoms with E-state index in [9.17, 15) is 0 Å². The molecule has 0 fully saturated rings. The molecule has 0 aliphatic rings. The summed E-state index contributed by atoms with van der Waals surface area (Å²) in [4.78, 5) is 4.53. The van der Waals surface area contributed by atoms with Crippen molar-refractivity contribution >= 4 is 17.2 Å². The molecule has 0 saturated carbocycles. The number of ether oxygens (including phenoxy) is 1. The van der Waals surface area contributed by atoms with E-state index >= 15 is 0 Å². The molecule has 4 nitrogen and oxygen atoms in total. The van der Waals surface area contributed by atoms with Crippen LogP contribution in [-0.2, 0) is 11.3 Å². The second-order valence-corrected chi connectivity index (χ2v) is 4.59. The van der Waals surface area contributed by atoms with Crippen molar-refractivity contribution in [2.45, 2.75) is 19.0 Å². The average Bonchev–Trinajstić information content (AvgIpc) is 2.79. The summed E-state index contributed by atoms with van der Waals surface area (Å²) in [7, 11) is 1.70. The fourth-order valence-electron chi connectivity index (χ4n) is 1.90. The normalized spacial score (nSPS) is 13.0. The highest BCUT2D eigenvalue weighted by Crippen LogP contribution is 2.05. The number of hydrogen-bond donors (Lipinski definition) is 1. The molecule has 98 valence electrons. The van der Waals surface area contributed by atoms with E-state index in [-0.39, 0.29) is 6.04 Å². The van der Waals surface area contributed by atoms with E-state index in [0.29, 0.717) is 12.5 Å². The summed E-state index contributed by atoms with van der Waals surface area (Å²) in [6.07, 6.45) is 4.92. The fourth-order valence-corrected chi connectivity index (χ4v) is 2.16. The molecule has 0 amide bonds. The van der Waals surface area contributed by atoms with Crippen LogP contribution in [0.25, 0.3) is 5.65 Å². The van der Waals surface area contributed by atoms with E-state index in [1.54, 1.807) is 7.11 Å². The summed E-state index contributed by atoms with van der Waals surface area (Å²) in [6.45, 7) is 1.40. The number of imidazole rings is 1. The lowest BCUT2D eigenvalue weighted by molar-refractivity contribution is 0.164. The number of halogens is 1. The van der Waals surface area contributed by atoms with Gasteiger partial charge < -0.3 is 14.5 Å². The Kier molecular flexibility index (Phi) is 4.99. The maximum Gasteiger partial charge on any atom is 0.137 e. The Balaban J connectivity index is 1.95. The second-order valence-electron chi connectivity index (χ2n) is 4.21. The van der Waals surface area contributed by atoms with E-state index < -0.39 is 0 Å². The van der Waals surface area contributed by atoms with Gasteiger partial charge in [0, 0.05) is 38.0 Å². The van der Waals surface area contributed by atoms with Crippen LogP contribution in [0.2, 0.25) is 0 Å². The topological polar surface area (TPSA) is 38.6 Å². The zero-order valence-electron chi connectivity index (χ0n) is 10.5. The van der Waals surface area contributed by atoms with Gasteiger partial charge in [-0.15, -0.1) is 11.6 Å². The van der Waals surface area contributed by atoms with Crippen LogP contribution in [0.3, 0.4) is 0 Å². The van der Waals surface area contributed by atoms with Gasteiger partial charge >= 0.3 is 0 Å². The largest absolute Gasteiger partial charge is 0.383 e. The number of nitrogens with zero attached hydrogens (tertiary/aromatic N) is 2. The van der Waals surface area contributed by atoms with Crippen molar-refractivity contribution in [3.63, 3.8) is 0 Å². The molecular weight excluding hydrogens is 250 g/mol. The summed E-state index contributed by atoms with van der Waals surface area (Å²) in [5.74, 6) is 0.631. The van der Waals surface area contributed by atoms with E-state index in [1.807, 2.05) is 35.0 Å². The quantitative estimate of drug-likeness (QED) is 0.781. The molecule has 2 rings (SSSR count). The van der Waals surface area contributed by atoms with Gasteiger partial charge in [0.15, 0.2) is 0 Å². The van der Waals surface area contributed by atoms with Crippen LogP contribution in [0.1, 0.15) is 12.1 Å². The van der Waals surface area contributed by atoms with Crippen LogP contribution in [0.5, 0.6) is 0 Å². The van der Waals surface area contributed by atoms with Crippen molar-refractivity contribution < 1.29 is 4.74 Å². The van der Waals surface area contributed by atoms with E-state index in [2.05, 4.69) is 10.3 Å². The van der Waals surface area contributed by atoms with Crippen LogP contribution in [0.4, 0.5) is 0 Å². The average molecular weight is 268 g/mol. The van der Waals surface area contributed by atoms with Gasteiger partial charge in [-0.1, -0.05) is 6.07 Å². The van der Waals surface area contributed by atoms with Gasteiger partial charge in [0.1, 0.15) is 5.65 Å². The third kappa shape index (κ3) is 3.45. The van der Waals surface area contributed by atoms with Gasteiger partial charge in [-0.05, 0) is 18.6 Å². The predicted octanol–water partition coefficient (Wildman–Crippen LogP) is 2.07. The minimum Gasteiger partial charge on any atom is -0.383 e. The van der Waals surface area contributed by atoms with Crippen LogP contribution in [0, 0.1) is 0 Å². The smallest absolute Gasteiger partial charge is 0.137 e.